The Kier molecular flexibility index (Phi) is 5.96. The van der Waals surface area contributed by atoms with Crippen molar-refractivity contribution in [2.45, 2.75) is 40.2 Å². The fourth-order valence-corrected chi connectivity index (χ4v) is 2.33. The SMILES string of the molecule is Cc1ccc(NC(=O)C(C)(C)C)cc1NC(=O)CC1COCCN1. The van der Waals surface area contributed by atoms with E-state index in [9.17, 15) is 9.59 Å². The zero-order chi connectivity index (χ0) is 17.7. The minimum absolute atomic E-state index is 0.0443. The molecule has 1 unspecified atom stereocenters. The van der Waals surface area contributed by atoms with Gasteiger partial charge in [-0.2, -0.15) is 0 Å². The summed E-state index contributed by atoms with van der Waals surface area (Å²) in [4.78, 5) is 24.3. The molecule has 24 heavy (non-hydrogen) atoms. The standard InChI is InChI=1S/C18H27N3O3/c1-12-5-6-13(20-17(23)18(2,3)4)9-15(12)21-16(22)10-14-11-24-8-7-19-14/h5-6,9,14,19H,7-8,10-11H2,1-4H3,(H,20,23)(H,21,22). The fraction of sp³-hybridized carbons (Fsp3) is 0.556. The smallest absolute Gasteiger partial charge is 0.229 e. The molecule has 0 radical (unpaired) electrons. The van der Waals surface area contributed by atoms with E-state index in [-0.39, 0.29) is 17.9 Å². The van der Waals surface area contributed by atoms with E-state index in [0.29, 0.717) is 31.0 Å². The van der Waals surface area contributed by atoms with Gasteiger partial charge in [-0.3, -0.25) is 9.59 Å². The van der Waals surface area contributed by atoms with E-state index in [0.717, 1.165) is 12.1 Å². The molecule has 6 nitrogen and oxygen atoms in total. The first kappa shape index (κ1) is 18.4. The number of morpholine rings is 1. The zero-order valence-electron chi connectivity index (χ0n) is 14.9. The van der Waals surface area contributed by atoms with Gasteiger partial charge in [0, 0.05) is 35.8 Å². The van der Waals surface area contributed by atoms with Gasteiger partial charge in [0.05, 0.1) is 13.2 Å². The second-order valence-corrected chi connectivity index (χ2v) is 7.21. The average Bonchev–Trinajstić information content (AvgIpc) is 2.50. The number of aryl methyl sites for hydroxylation is 1. The van der Waals surface area contributed by atoms with Gasteiger partial charge >= 0.3 is 0 Å². The van der Waals surface area contributed by atoms with Crippen LogP contribution in [-0.2, 0) is 14.3 Å². The summed E-state index contributed by atoms with van der Waals surface area (Å²) < 4.78 is 5.36. The molecule has 6 heteroatoms. The van der Waals surface area contributed by atoms with Crippen LogP contribution in [0.3, 0.4) is 0 Å². The monoisotopic (exact) mass is 333 g/mol. The third kappa shape index (κ3) is 5.32. The molecule has 2 amide bonds. The van der Waals surface area contributed by atoms with Gasteiger partial charge in [0.2, 0.25) is 11.8 Å². The predicted molar refractivity (Wildman–Crippen MR) is 95.1 cm³/mol. The summed E-state index contributed by atoms with van der Waals surface area (Å²) in [5.74, 6) is -0.132. The minimum Gasteiger partial charge on any atom is -0.378 e. The maximum Gasteiger partial charge on any atom is 0.229 e. The summed E-state index contributed by atoms with van der Waals surface area (Å²) in [5, 5.41) is 9.07. The number of anilines is 2. The van der Waals surface area contributed by atoms with Crippen molar-refractivity contribution in [3.05, 3.63) is 23.8 Å². The van der Waals surface area contributed by atoms with E-state index in [4.69, 9.17) is 4.74 Å². The minimum atomic E-state index is -0.471. The molecule has 0 bridgehead atoms. The van der Waals surface area contributed by atoms with Crippen molar-refractivity contribution in [2.24, 2.45) is 5.41 Å². The Morgan fingerprint density at radius 1 is 1.29 bits per heavy atom. The molecule has 1 aromatic rings. The van der Waals surface area contributed by atoms with Crippen LogP contribution in [0.4, 0.5) is 11.4 Å². The van der Waals surface area contributed by atoms with Crippen molar-refractivity contribution in [1.29, 1.82) is 0 Å². The van der Waals surface area contributed by atoms with Crippen molar-refractivity contribution in [1.82, 2.24) is 5.32 Å². The van der Waals surface area contributed by atoms with Crippen LogP contribution in [0.2, 0.25) is 0 Å². The number of nitrogens with one attached hydrogen (secondary N) is 3. The topological polar surface area (TPSA) is 79.5 Å². The molecule has 0 spiro atoms. The van der Waals surface area contributed by atoms with Crippen molar-refractivity contribution >= 4 is 23.2 Å². The summed E-state index contributed by atoms with van der Waals surface area (Å²) >= 11 is 0. The summed E-state index contributed by atoms with van der Waals surface area (Å²) in [7, 11) is 0. The number of rotatable bonds is 4. The molecule has 1 aliphatic rings. The highest BCUT2D eigenvalue weighted by atomic mass is 16.5. The van der Waals surface area contributed by atoms with Gasteiger partial charge in [-0.15, -0.1) is 0 Å². The van der Waals surface area contributed by atoms with Crippen LogP contribution >= 0.6 is 0 Å². The summed E-state index contributed by atoms with van der Waals surface area (Å²) in [6.07, 6.45) is 0.359. The maximum absolute atomic E-state index is 12.2. The number of benzene rings is 1. The van der Waals surface area contributed by atoms with Crippen LogP contribution in [0.5, 0.6) is 0 Å². The summed E-state index contributed by atoms with van der Waals surface area (Å²) in [5.41, 5.74) is 1.87. The molecule has 1 atom stereocenters. The number of carbonyl (C=O) groups is 2. The summed E-state index contributed by atoms with van der Waals surface area (Å²) in [6, 6.07) is 5.56. The van der Waals surface area contributed by atoms with E-state index < -0.39 is 5.41 Å². The van der Waals surface area contributed by atoms with Crippen LogP contribution < -0.4 is 16.0 Å². The van der Waals surface area contributed by atoms with E-state index in [1.807, 2.05) is 39.8 Å². The molecule has 1 aliphatic heterocycles. The van der Waals surface area contributed by atoms with Crippen molar-refractivity contribution in [3.8, 4) is 0 Å². The van der Waals surface area contributed by atoms with Crippen LogP contribution in [0.15, 0.2) is 18.2 Å². The highest BCUT2D eigenvalue weighted by Crippen LogP contribution is 2.23. The van der Waals surface area contributed by atoms with Gasteiger partial charge in [-0.05, 0) is 24.6 Å². The van der Waals surface area contributed by atoms with Gasteiger partial charge in [0.15, 0.2) is 0 Å². The predicted octanol–water partition coefficient (Wildman–Crippen LogP) is 2.30. The Balaban J connectivity index is 2.00. The van der Waals surface area contributed by atoms with Gasteiger partial charge in [-0.1, -0.05) is 26.8 Å². The second-order valence-electron chi connectivity index (χ2n) is 7.21. The molecule has 2 rings (SSSR count). The van der Waals surface area contributed by atoms with Crippen molar-refractivity contribution in [2.75, 3.05) is 30.4 Å². The summed E-state index contributed by atoms with van der Waals surface area (Å²) in [6.45, 7) is 9.51. The molecule has 1 aromatic carbocycles. The second kappa shape index (κ2) is 7.77. The van der Waals surface area contributed by atoms with Crippen LogP contribution in [0.1, 0.15) is 32.8 Å². The van der Waals surface area contributed by atoms with Crippen LogP contribution in [0, 0.1) is 12.3 Å². The molecule has 0 saturated carbocycles. The van der Waals surface area contributed by atoms with Crippen LogP contribution in [0.25, 0.3) is 0 Å². The Morgan fingerprint density at radius 2 is 2.04 bits per heavy atom. The number of hydrogen-bond acceptors (Lipinski definition) is 4. The molecular formula is C18H27N3O3. The zero-order valence-corrected chi connectivity index (χ0v) is 14.9. The fourth-order valence-electron chi connectivity index (χ4n) is 2.33. The Hall–Kier alpha value is -1.92. The molecule has 0 aromatic heterocycles. The first-order valence-electron chi connectivity index (χ1n) is 8.29. The Morgan fingerprint density at radius 3 is 2.67 bits per heavy atom. The molecule has 1 heterocycles. The Bertz CT molecular complexity index is 602. The lowest BCUT2D eigenvalue weighted by molar-refractivity contribution is -0.123. The number of carbonyl (C=O) groups excluding carboxylic acids is 2. The normalized spacial score (nSPS) is 18.1. The van der Waals surface area contributed by atoms with E-state index in [2.05, 4.69) is 16.0 Å². The van der Waals surface area contributed by atoms with Gasteiger partial charge < -0.3 is 20.7 Å². The largest absolute Gasteiger partial charge is 0.378 e. The molecule has 132 valence electrons. The quantitative estimate of drug-likeness (QED) is 0.790. The van der Waals surface area contributed by atoms with Crippen molar-refractivity contribution < 1.29 is 14.3 Å². The molecule has 0 aliphatic carbocycles. The molecule has 1 saturated heterocycles. The lowest BCUT2D eigenvalue weighted by atomic mass is 9.95. The van der Waals surface area contributed by atoms with E-state index in [1.54, 1.807) is 6.07 Å². The molecular weight excluding hydrogens is 306 g/mol. The third-order valence-electron chi connectivity index (χ3n) is 3.88. The average molecular weight is 333 g/mol. The third-order valence-corrected chi connectivity index (χ3v) is 3.88. The molecule has 1 fully saturated rings. The van der Waals surface area contributed by atoms with Crippen molar-refractivity contribution in [3.63, 3.8) is 0 Å². The highest BCUT2D eigenvalue weighted by molar-refractivity contribution is 5.96. The number of amides is 2. The lowest BCUT2D eigenvalue weighted by Crippen LogP contribution is -2.43. The van der Waals surface area contributed by atoms with Gasteiger partial charge in [0.1, 0.15) is 0 Å². The first-order chi connectivity index (χ1) is 11.3. The number of ether oxygens (including phenoxy) is 1. The van der Waals surface area contributed by atoms with E-state index >= 15 is 0 Å². The highest BCUT2D eigenvalue weighted by Gasteiger charge is 2.21. The van der Waals surface area contributed by atoms with E-state index in [1.165, 1.54) is 0 Å². The number of hydrogen-bond donors (Lipinski definition) is 3. The van der Waals surface area contributed by atoms with Crippen LogP contribution in [-0.4, -0.2) is 37.6 Å². The van der Waals surface area contributed by atoms with Gasteiger partial charge in [0.25, 0.3) is 0 Å². The van der Waals surface area contributed by atoms with Gasteiger partial charge in [-0.25, -0.2) is 0 Å². The molecule has 3 N–H and O–H groups in total. The first-order valence-corrected chi connectivity index (χ1v) is 8.29. The lowest BCUT2D eigenvalue weighted by Gasteiger charge is -2.23. The maximum atomic E-state index is 12.2. The Labute approximate surface area is 143 Å².